The molecule has 0 saturated carbocycles. The van der Waals surface area contributed by atoms with Crippen LogP contribution < -0.4 is 5.32 Å². The van der Waals surface area contributed by atoms with Gasteiger partial charge in [0, 0.05) is 12.8 Å². The zero-order valence-corrected chi connectivity index (χ0v) is 10.4. The van der Waals surface area contributed by atoms with Crippen LogP contribution in [0.3, 0.4) is 0 Å². The van der Waals surface area contributed by atoms with Crippen LogP contribution in [0.15, 0.2) is 41.3 Å². The first-order valence-electron chi connectivity index (χ1n) is 5.20. The zero-order chi connectivity index (χ0) is 12.0. The zero-order valence-electron chi connectivity index (χ0n) is 9.60. The number of rotatable bonds is 5. The normalized spacial score (nSPS) is 11.9. The molecule has 0 radical (unpaired) electrons. The third kappa shape index (κ3) is 3.70. The number of hydrogen-bond donors (Lipinski definition) is 1. The predicted octanol–water partition coefficient (Wildman–Crippen LogP) is 2.47. The molecule has 0 aliphatic carbocycles. The van der Waals surface area contributed by atoms with Crippen molar-refractivity contribution >= 4 is 15.5 Å². The van der Waals surface area contributed by atoms with E-state index in [4.69, 9.17) is 0 Å². The minimum Gasteiger partial charge on any atom is -0.384 e. The van der Waals surface area contributed by atoms with Crippen molar-refractivity contribution in [3.8, 4) is 0 Å². The number of nitrogens with one attached hydrogen (secondary N) is 1. The molecule has 1 aromatic carbocycles. The van der Waals surface area contributed by atoms with Gasteiger partial charge < -0.3 is 5.32 Å². The van der Waals surface area contributed by atoms with Gasteiger partial charge >= 0.3 is 0 Å². The molecule has 0 aliphatic rings. The number of benzene rings is 1. The molecule has 0 spiro atoms. The average molecular weight is 239 g/mol. The number of allylic oxidation sites excluding steroid dienone is 1. The summed E-state index contributed by atoms with van der Waals surface area (Å²) in [6.45, 7) is 2.70. The molecule has 0 aromatic heterocycles. The molecule has 16 heavy (non-hydrogen) atoms. The summed E-state index contributed by atoms with van der Waals surface area (Å²) < 4.78 is 23.0. The van der Waals surface area contributed by atoms with Crippen molar-refractivity contribution in [2.75, 3.05) is 18.1 Å². The average Bonchev–Trinajstić information content (AvgIpc) is 2.24. The molecule has 0 aliphatic heterocycles. The molecule has 0 heterocycles. The third-order valence-electron chi connectivity index (χ3n) is 2.15. The van der Waals surface area contributed by atoms with Crippen molar-refractivity contribution in [3.63, 3.8) is 0 Å². The lowest BCUT2D eigenvalue weighted by Gasteiger charge is -2.09. The second kappa shape index (κ2) is 5.70. The summed E-state index contributed by atoms with van der Waals surface area (Å²) in [5.74, 6) is 0. The Morgan fingerprint density at radius 3 is 2.62 bits per heavy atom. The van der Waals surface area contributed by atoms with Gasteiger partial charge in [0.15, 0.2) is 9.84 Å². The molecule has 0 amide bonds. The highest BCUT2D eigenvalue weighted by Gasteiger charge is 2.11. The van der Waals surface area contributed by atoms with E-state index in [1.165, 1.54) is 6.26 Å². The minimum atomic E-state index is -3.16. The first-order chi connectivity index (χ1) is 7.55. The van der Waals surface area contributed by atoms with E-state index in [0.29, 0.717) is 10.6 Å². The lowest BCUT2D eigenvalue weighted by Crippen LogP contribution is -2.06. The first-order valence-corrected chi connectivity index (χ1v) is 7.09. The second-order valence-corrected chi connectivity index (χ2v) is 5.54. The summed E-state index contributed by atoms with van der Waals surface area (Å²) in [5, 5.41) is 3.12. The predicted molar refractivity (Wildman–Crippen MR) is 67.5 cm³/mol. The molecule has 0 bridgehead atoms. The molecule has 1 rings (SSSR count). The van der Waals surface area contributed by atoms with Crippen molar-refractivity contribution in [2.45, 2.75) is 18.2 Å². The van der Waals surface area contributed by atoms with E-state index in [1.54, 1.807) is 18.2 Å². The lowest BCUT2D eigenvalue weighted by molar-refractivity contribution is 0.602. The fraction of sp³-hybridized carbons (Fsp3) is 0.333. The van der Waals surface area contributed by atoms with Crippen LogP contribution in [0.1, 0.15) is 13.3 Å². The van der Waals surface area contributed by atoms with Gasteiger partial charge in [0.1, 0.15) is 0 Å². The van der Waals surface area contributed by atoms with Gasteiger partial charge in [-0.25, -0.2) is 8.42 Å². The Labute approximate surface area is 97.1 Å². The van der Waals surface area contributed by atoms with Crippen molar-refractivity contribution in [1.82, 2.24) is 0 Å². The standard InChI is InChI=1S/C12H17NO2S/c1-3-4-7-10-13-11-8-5-6-9-12(11)16(2,14)15/h3-6,8-9,13H,7,10H2,1-2H3/b4-3+. The number of anilines is 1. The van der Waals surface area contributed by atoms with E-state index in [0.717, 1.165) is 13.0 Å². The van der Waals surface area contributed by atoms with E-state index in [9.17, 15) is 8.42 Å². The Kier molecular flexibility index (Phi) is 4.55. The van der Waals surface area contributed by atoms with Gasteiger partial charge in [0.05, 0.1) is 10.6 Å². The Morgan fingerprint density at radius 2 is 2.00 bits per heavy atom. The van der Waals surface area contributed by atoms with Gasteiger partial charge in [-0.15, -0.1) is 0 Å². The summed E-state index contributed by atoms with van der Waals surface area (Å²) in [6, 6.07) is 6.96. The van der Waals surface area contributed by atoms with Crippen LogP contribution in [0.4, 0.5) is 5.69 Å². The van der Waals surface area contributed by atoms with Crippen molar-refractivity contribution < 1.29 is 8.42 Å². The molecule has 1 aromatic rings. The maximum atomic E-state index is 11.5. The van der Waals surface area contributed by atoms with E-state index in [2.05, 4.69) is 5.32 Å². The Balaban J connectivity index is 2.80. The molecule has 0 saturated heterocycles. The molecular weight excluding hydrogens is 222 g/mol. The fourth-order valence-corrected chi connectivity index (χ4v) is 2.26. The van der Waals surface area contributed by atoms with Gasteiger partial charge in [0.25, 0.3) is 0 Å². The summed E-state index contributed by atoms with van der Waals surface area (Å²) in [6.07, 6.45) is 6.12. The maximum Gasteiger partial charge on any atom is 0.177 e. The lowest BCUT2D eigenvalue weighted by atomic mass is 10.3. The molecule has 0 atom stereocenters. The molecule has 1 N–H and O–H groups in total. The SMILES string of the molecule is C/C=C/CCNc1ccccc1S(C)(=O)=O. The number of para-hydroxylation sites is 1. The molecule has 3 nitrogen and oxygen atoms in total. The van der Waals surface area contributed by atoms with Crippen LogP contribution >= 0.6 is 0 Å². The van der Waals surface area contributed by atoms with E-state index in [1.807, 2.05) is 25.1 Å². The van der Waals surface area contributed by atoms with Crippen LogP contribution in [0, 0.1) is 0 Å². The van der Waals surface area contributed by atoms with E-state index in [-0.39, 0.29) is 0 Å². The molecule has 0 unspecified atom stereocenters. The summed E-state index contributed by atoms with van der Waals surface area (Å²) >= 11 is 0. The van der Waals surface area contributed by atoms with Crippen molar-refractivity contribution in [2.24, 2.45) is 0 Å². The summed E-state index contributed by atoms with van der Waals surface area (Å²) in [7, 11) is -3.16. The Hall–Kier alpha value is -1.29. The van der Waals surface area contributed by atoms with Gasteiger partial charge in [-0.2, -0.15) is 0 Å². The third-order valence-corrected chi connectivity index (χ3v) is 3.30. The van der Waals surface area contributed by atoms with Gasteiger partial charge in [0.2, 0.25) is 0 Å². The molecular formula is C12H17NO2S. The minimum absolute atomic E-state index is 0.357. The van der Waals surface area contributed by atoms with Crippen molar-refractivity contribution in [3.05, 3.63) is 36.4 Å². The highest BCUT2D eigenvalue weighted by molar-refractivity contribution is 7.90. The summed E-state index contributed by atoms with van der Waals surface area (Å²) in [4.78, 5) is 0.357. The van der Waals surface area contributed by atoms with Gasteiger partial charge in [-0.05, 0) is 25.5 Å². The van der Waals surface area contributed by atoms with Gasteiger partial charge in [-0.3, -0.25) is 0 Å². The van der Waals surface area contributed by atoms with E-state index >= 15 is 0 Å². The second-order valence-electron chi connectivity index (χ2n) is 3.55. The number of sulfone groups is 1. The van der Waals surface area contributed by atoms with E-state index < -0.39 is 9.84 Å². The van der Waals surface area contributed by atoms with Crippen molar-refractivity contribution in [1.29, 1.82) is 0 Å². The molecule has 0 fully saturated rings. The summed E-state index contributed by atoms with van der Waals surface area (Å²) in [5.41, 5.74) is 0.675. The van der Waals surface area contributed by atoms with Crippen LogP contribution in [-0.2, 0) is 9.84 Å². The largest absolute Gasteiger partial charge is 0.384 e. The molecule has 4 heteroatoms. The molecule has 88 valence electrons. The van der Waals surface area contributed by atoms with Crippen LogP contribution in [0.5, 0.6) is 0 Å². The first kappa shape index (κ1) is 12.8. The maximum absolute atomic E-state index is 11.5. The topological polar surface area (TPSA) is 46.2 Å². The van der Waals surface area contributed by atoms with Crippen LogP contribution in [0.25, 0.3) is 0 Å². The Morgan fingerprint density at radius 1 is 1.31 bits per heavy atom. The monoisotopic (exact) mass is 239 g/mol. The Bertz CT molecular complexity index is 464. The van der Waals surface area contributed by atoms with Crippen LogP contribution in [-0.4, -0.2) is 21.2 Å². The van der Waals surface area contributed by atoms with Gasteiger partial charge in [-0.1, -0.05) is 24.3 Å². The smallest absolute Gasteiger partial charge is 0.177 e. The highest BCUT2D eigenvalue weighted by Crippen LogP contribution is 2.20. The fourth-order valence-electron chi connectivity index (χ4n) is 1.39. The quantitative estimate of drug-likeness (QED) is 0.634. The highest BCUT2D eigenvalue weighted by atomic mass is 32.2. The van der Waals surface area contributed by atoms with Crippen LogP contribution in [0.2, 0.25) is 0 Å². The number of hydrogen-bond acceptors (Lipinski definition) is 3.